The number of unbranched alkanes of at least 4 members (excludes halogenated alkanes) is 8. The zero-order chi connectivity index (χ0) is 25.1. The lowest BCUT2D eigenvalue weighted by Crippen LogP contribution is -2.64. The summed E-state index contributed by atoms with van der Waals surface area (Å²) in [4.78, 5) is 0. The van der Waals surface area contributed by atoms with Gasteiger partial charge in [0, 0.05) is 6.61 Å². The summed E-state index contributed by atoms with van der Waals surface area (Å²) in [5, 5.41) is 70.0. The molecule has 2 unspecified atom stereocenters. The summed E-state index contributed by atoms with van der Waals surface area (Å²) >= 11 is 0. The Morgan fingerprint density at radius 1 is 0.588 bits per heavy atom. The second-order valence-electron chi connectivity index (χ2n) is 9.20. The molecular formula is C23H44O11. The van der Waals surface area contributed by atoms with Crippen molar-refractivity contribution in [3.05, 3.63) is 0 Å². The smallest absolute Gasteiger partial charge is 0.187 e. The van der Waals surface area contributed by atoms with E-state index < -0.39 is 74.6 Å². The third-order valence-electron chi connectivity index (χ3n) is 6.49. The highest BCUT2D eigenvalue weighted by molar-refractivity contribution is 4.94. The van der Waals surface area contributed by atoms with E-state index in [4.69, 9.17) is 18.9 Å². The molecule has 0 aliphatic carbocycles. The van der Waals surface area contributed by atoms with Gasteiger partial charge in [0.25, 0.3) is 0 Å². The van der Waals surface area contributed by atoms with Crippen LogP contribution in [0.15, 0.2) is 0 Å². The van der Waals surface area contributed by atoms with Crippen molar-refractivity contribution >= 4 is 0 Å². The van der Waals surface area contributed by atoms with Gasteiger partial charge in [-0.05, 0) is 6.42 Å². The van der Waals surface area contributed by atoms with E-state index in [1.807, 2.05) is 0 Å². The molecule has 0 radical (unpaired) electrons. The minimum absolute atomic E-state index is 0.320. The molecule has 202 valence electrons. The first-order valence-corrected chi connectivity index (χ1v) is 12.6. The summed E-state index contributed by atoms with van der Waals surface area (Å²) in [5.41, 5.74) is 0. The molecule has 2 fully saturated rings. The maximum atomic E-state index is 10.6. The van der Waals surface area contributed by atoms with Crippen molar-refractivity contribution in [2.45, 2.75) is 126 Å². The number of rotatable bonds is 15. The Labute approximate surface area is 201 Å². The first kappa shape index (κ1) is 29.8. The number of ether oxygens (including phenoxy) is 4. The highest BCUT2D eigenvalue weighted by atomic mass is 16.7. The van der Waals surface area contributed by atoms with Crippen LogP contribution in [-0.4, -0.2) is 117 Å². The molecule has 2 saturated heterocycles. The van der Waals surface area contributed by atoms with Crippen LogP contribution >= 0.6 is 0 Å². The fourth-order valence-electron chi connectivity index (χ4n) is 4.31. The first-order chi connectivity index (χ1) is 16.3. The van der Waals surface area contributed by atoms with Crippen LogP contribution in [0.5, 0.6) is 0 Å². The van der Waals surface area contributed by atoms with Gasteiger partial charge in [-0.25, -0.2) is 0 Å². The van der Waals surface area contributed by atoms with E-state index in [9.17, 15) is 35.7 Å². The van der Waals surface area contributed by atoms with E-state index >= 15 is 0 Å². The van der Waals surface area contributed by atoms with Gasteiger partial charge < -0.3 is 54.7 Å². The van der Waals surface area contributed by atoms with Crippen molar-refractivity contribution in [1.82, 2.24) is 0 Å². The molecule has 2 aliphatic heterocycles. The Balaban J connectivity index is 1.78. The molecule has 10 atom stereocenters. The lowest BCUT2D eigenvalue weighted by Gasteiger charge is -2.45. The molecule has 11 nitrogen and oxygen atoms in total. The molecule has 11 heteroatoms. The summed E-state index contributed by atoms with van der Waals surface area (Å²) in [6.45, 7) is 1.29. The van der Waals surface area contributed by atoms with Crippen LogP contribution in [0.3, 0.4) is 0 Å². The highest BCUT2D eigenvalue weighted by Crippen LogP contribution is 2.29. The molecule has 0 amide bonds. The van der Waals surface area contributed by atoms with Crippen molar-refractivity contribution in [1.29, 1.82) is 0 Å². The van der Waals surface area contributed by atoms with E-state index in [0.717, 1.165) is 19.3 Å². The molecule has 0 aromatic carbocycles. The Morgan fingerprint density at radius 2 is 1.12 bits per heavy atom. The molecule has 0 saturated carbocycles. The van der Waals surface area contributed by atoms with Gasteiger partial charge in [0.1, 0.15) is 48.8 Å². The Kier molecular flexibility index (Phi) is 13.7. The molecule has 2 aliphatic rings. The quantitative estimate of drug-likeness (QED) is 0.141. The van der Waals surface area contributed by atoms with E-state index in [2.05, 4.69) is 6.92 Å². The van der Waals surface area contributed by atoms with Crippen LogP contribution in [0.25, 0.3) is 0 Å². The topological polar surface area (TPSA) is 179 Å². The van der Waals surface area contributed by atoms with Crippen LogP contribution in [0.1, 0.15) is 64.7 Å². The van der Waals surface area contributed by atoms with Gasteiger partial charge in [0.15, 0.2) is 12.6 Å². The molecule has 2 heterocycles. The van der Waals surface area contributed by atoms with Crippen LogP contribution in [0.4, 0.5) is 0 Å². The van der Waals surface area contributed by atoms with Crippen LogP contribution < -0.4 is 0 Å². The molecule has 0 bridgehead atoms. The molecule has 0 aromatic heterocycles. The number of aliphatic hydroxyl groups is 7. The van der Waals surface area contributed by atoms with Crippen LogP contribution in [0.2, 0.25) is 0 Å². The SMILES string of the molecule is CCCCCCCCCCCO[C@@H]1OC(CO)[C@@H](O[C@H]2O[C@H](CO)[C@@H](O)[C@H](O)[C@H]2O)[C@H](O)C1O. The average Bonchev–Trinajstić information content (AvgIpc) is 2.84. The van der Waals surface area contributed by atoms with Crippen molar-refractivity contribution in [3.63, 3.8) is 0 Å². The maximum Gasteiger partial charge on any atom is 0.187 e. The predicted octanol–water partition coefficient (Wildman–Crippen LogP) is -0.842. The average molecular weight is 497 g/mol. The second-order valence-corrected chi connectivity index (χ2v) is 9.20. The largest absolute Gasteiger partial charge is 0.394 e. The zero-order valence-corrected chi connectivity index (χ0v) is 20.0. The van der Waals surface area contributed by atoms with Crippen molar-refractivity contribution in [3.8, 4) is 0 Å². The number of hydrogen-bond donors (Lipinski definition) is 7. The first-order valence-electron chi connectivity index (χ1n) is 12.6. The Bertz CT molecular complexity index is 535. The molecule has 0 aromatic rings. The molecular weight excluding hydrogens is 452 g/mol. The van der Waals surface area contributed by atoms with Gasteiger partial charge in [0.2, 0.25) is 0 Å². The van der Waals surface area contributed by atoms with E-state index in [1.54, 1.807) is 0 Å². The van der Waals surface area contributed by atoms with Gasteiger partial charge in [-0.1, -0.05) is 58.3 Å². The van der Waals surface area contributed by atoms with Gasteiger partial charge in [-0.2, -0.15) is 0 Å². The van der Waals surface area contributed by atoms with E-state index in [0.29, 0.717) is 6.61 Å². The Hall–Kier alpha value is -0.440. The zero-order valence-electron chi connectivity index (χ0n) is 20.0. The van der Waals surface area contributed by atoms with E-state index in [1.165, 1.54) is 38.5 Å². The third kappa shape index (κ3) is 8.31. The van der Waals surface area contributed by atoms with Gasteiger partial charge in [0.05, 0.1) is 13.2 Å². The minimum atomic E-state index is -1.69. The van der Waals surface area contributed by atoms with E-state index in [-0.39, 0.29) is 0 Å². The summed E-state index contributed by atoms with van der Waals surface area (Å²) < 4.78 is 22.0. The minimum Gasteiger partial charge on any atom is -0.394 e. The normalized spacial score (nSPS) is 38.8. The molecule has 34 heavy (non-hydrogen) atoms. The van der Waals surface area contributed by atoms with Crippen LogP contribution in [-0.2, 0) is 18.9 Å². The Morgan fingerprint density at radius 3 is 1.71 bits per heavy atom. The predicted molar refractivity (Wildman–Crippen MR) is 120 cm³/mol. The summed E-state index contributed by atoms with van der Waals surface area (Å²) in [6.07, 6.45) is -3.99. The molecule has 7 N–H and O–H groups in total. The fourth-order valence-corrected chi connectivity index (χ4v) is 4.31. The lowest BCUT2D eigenvalue weighted by atomic mass is 9.97. The van der Waals surface area contributed by atoms with Crippen molar-refractivity contribution < 1.29 is 54.7 Å². The lowest BCUT2D eigenvalue weighted by molar-refractivity contribution is -0.359. The standard InChI is InChI=1S/C23H44O11/c1-2-3-4-5-6-7-8-9-10-11-31-22-20(30)18(28)21(15(13-25)33-22)34-23-19(29)17(27)16(26)14(12-24)32-23/h14-30H,2-13H2,1H3/t14-,15?,16-,17+,18-,19-,20?,21-,22-,23-/m1/s1. The summed E-state index contributed by atoms with van der Waals surface area (Å²) in [6, 6.07) is 0. The summed E-state index contributed by atoms with van der Waals surface area (Å²) in [5.74, 6) is 0. The third-order valence-corrected chi connectivity index (χ3v) is 6.49. The highest BCUT2D eigenvalue weighted by Gasteiger charge is 2.50. The maximum absolute atomic E-state index is 10.6. The summed E-state index contributed by atoms with van der Waals surface area (Å²) in [7, 11) is 0. The van der Waals surface area contributed by atoms with Crippen molar-refractivity contribution in [2.75, 3.05) is 19.8 Å². The van der Waals surface area contributed by atoms with Crippen LogP contribution in [0, 0.1) is 0 Å². The number of hydrogen-bond acceptors (Lipinski definition) is 11. The fraction of sp³-hybridized carbons (Fsp3) is 1.00. The van der Waals surface area contributed by atoms with Gasteiger partial charge in [-0.3, -0.25) is 0 Å². The van der Waals surface area contributed by atoms with Crippen molar-refractivity contribution in [2.24, 2.45) is 0 Å². The molecule has 2 rings (SSSR count). The number of aliphatic hydroxyl groups excluding tert-OH is 7. The molecule has 0 spiro atoms. The van der Waals surface area contributed by atoms with Gasteiger partial charge in [-0.15, -0.1) is 0 Å². The van der Waals surface area contributed by atoms with Gasteiger partial charge >= 0.3 is 0 Å². The second kappa shape index (κ2) is 15.6. The monoisotopic (exact) mass is 496 g/mol.